The molecule has 0 aliphatic heterocycles. The van der Waals surface area contributed by atoms with Gasteiger partial charge in [-0.3, -0.25) is 4.79 Å². The average molecular weight is 228 g/mol. The van der Waals surface area contributed by atoms with E-state index in [-0.39, 0.29) is 5.97 Å². The Morgan fingerprint density at radius 1 is 1.29 bits per heavy atom. The standard InChI is InChI=1S/C15H16O2/c1-4-9-15(17-12(3)16)14(5-2)13-10-7-6-8-11-13/h4-11H,1H2,2-3H3/b14-5-,15-9+. The molecule has 0 saturated carbocycles. The lowest BCUT2D eigenvalue weighted by atomic mass is 10.0. The van der Waals surface area contributed by atoms with Crippen LogP contribution in [0.25, 0.3) is 5.57 Å². The molecule has 0 atom stereocenters. The predicted molar refractivity (Wildman–Crippen MR) is 70.1 cm³/mol. The molecule has 0 aromatic heterocycles. The van der Waals surface area contributed by atoms with Crippen LogP contribution in [0, 0.1) is 0 Å². The number of esters is 1. The molecule has 0 aliphatic carbocycles. The van der Waals surface area contributed by atoms with Crippen molar-refractivity contribution in [1.29, 1.82) is 0 Å². The summed E-state index contributed by atoms with van der Waals surface area (Å²) in [6.07, 6.45) is 5.20. The van der Waals surface area contributed by atoms with Gasteiger partial charge in [0.1, 0.15) is 5.76 Å². The van der Waals surface area contributed by atoms with E-state index in [0.29, 0.717) is 5.76 Å². The van der Waals surface area contributed by atoms with Crippen LogP contribution in [0.15, 0.2) is 60.9 Å². The topological polar surface area (TPSA) is 26.3 Å². The van der Waals surface area contributed by atoms with E-state index in [1.807, 2.05) is 43.3 Å². The van der Waals surface area contributed by atoms with Gasteiger partial charge in [-0.05, 0) is 18.6 Å². The highest BCUT2D eigenvalue weighted by molar-refractivity contribution is 5.81. The van der Waals surface area contributed by atoms with Crippen LogP contribution in [0.4, 0.5) is 0 Å². The minimum Gasteiger partial charge on any atom is -0.426 e. The molecule has 0 heterocycles. The van der Waals surface area contributed by atoms with Gasteiger partial charge >= 0.3 is 5.97 Å². The zero-order valence-electron chi connectivity index (χ0n) is 10.1. The summed E-state index contributed by atoms with van der Waals surface area (Å²) >= 11 is 0. The van der Waals surface area contributed by atoms with Crippen molar-refractivity contribution in [2.45, 2.75) is 13.8 Å². The smallest absolute Gasteiger partial charge is 0.308 e. The molecular weight excluding hydrogens is 212 g/mol. The molecule has 0 bridgehead atoms. The third kappa shape index (κ3) is 3.76. The molecule has 0 amide bonds. The normalized spacial score (nSPS) is 12.1. The monoisotopic (exact) mass is 228 g/mol. The van der Waals surface area contributed by atoms with Gasteiger partial charge in [0.05, 0.1) is 0 Å². The Balaban J connectivity index is 3.12. The van der Waals surface area contributed by atoms with Crippen LogP contribution >= 0.6 is 0 Å². The van der Waals surface area contributed by atoms with Crippen molar-refractivity contribution in [3.05, 3.63) is 66.5 Å². The van der Waals surface area contributed by atoms with Crippen LogP contribution in [-0.4, -0.2) is 5.97 Å². The zero-order chi connectivity index (χ0) is 12.7. The molecule has 0 fully saturated rings. The lowest BCUT2D eigenvalue weighted by molar-refractivity contribution is -0.136. The number of hydrogen-bond donors (Lipinski definition) is 0. The van der Waals surface area contributed by atoms with Gasteiger partial charge in [0.15, 0.2) is 0 Å². The number of carbonyl (C=O) groups excluding carboxylic acids is 1. The van der Waals surface area contributed by atoms with Gasteiger partial charge in [0.2, 0.25) is 0 Å². The van der Waals surface area contributed by atoms with Crippen molar-refractivity contribution in [2.75, 3.05) is 0 Å². The summed E-state index contributed by atoms with van der Waals surface area (Å²) in [6.45, 7) is 6.91. The number of carbonyl (C=O) groups is 1. The maximum Gasteiger partial charge on any atom is 0.308 e. The van der Waals surface area contributed by atoms with Crippen molar-refractivity contribution in [1.82, 2.24) is 0 Å². The third-order valence-electron chi connectivity index (χ3n) is 2.16. The van der Waals surface area contributed by atoms with Gasteiger partial charge in [-0.25, -0.2) is 0 Å². The van der Waals surface area contributed by atoms with Gasteiger partial charge in [-0.1, -0.05) is 49.1 Å². The highest BCUT2D eigenvalue weighted by Crippen LogP contribution is 2.24. The lowest BCUT2D eigenvalue weighted by Crippen LogP contribution is -2.01. The summed E-state index contributed by atoms with van der Waals surface area (Å²) in [7, 11) is 0. The summed E-state index contributed by atoms with van der Waals surface area (Å²) in [5.74, 6) is 0.176. The average Bonchev–Trinajstić information content (AvgIpc) is 2.31. The molecule has 0 aliphatic rings. The first-order chi connectivity index (χ1) is 8.19. The number of rotatable bonds is 4. The summed E-state index contributed by atoms with van der Waals surface area (Å²) < 4.78 is 5.18. The summed E-state index contributed by atoms with van der Waals surface area (Å²) in [6, 6.07) is 9.77. The first-order valence-electron chi connectivity index (χ1n) is 5.42. The molecule has 0 radical (unpaired) electrons. The summed E-state index contributed by atoms with van der Waals surface area (Å²) in [5.41, 5.74) is 1.88. The minimum atomic E-state index is -0.339. The Hall–Kier alpha value is -2.09. The van der Waals surface area contributed by atoms with E-state index < -0.39 is 0 Å². The zero-order valence-corrected chi connectivity index (χ0v) is 10.1. The second kappa shape index (κ2) is 6.48. The molecule has 88 valence electrons. The highest BCUT2D eigenvalue weighted by atomic mass is 16.5. The molecule has 1 rings (SSSR count). The predicted octanol–water partition coefficient (Wildman–Crippen LogP) is 3.72. The maximum absolute atomic E-state index is 11.1. The van der Waals surface area contributed by atoms with E-state index in [9.17, 15) is 4.79 Å². The van der Waals surface area contributed by atoms with Gasteiger partial charge in [0, 0.05) is 12.5 Å². The Kier molecular flexibility index (Phi) is 4.95. The number of ether oxygens (including phenoxy) is 1. The molecule has 1 aromatic carbocycles. The fourth-order valence-corrected chi connectivity index (χ4v) is 1.51. The highest BCUT2D eigenvalue weighted by Gasteiger charge is 2.09. The summed E-state index contributed by atoms with van der Waals surface area (Å²) in [5, 5.41) is 0. The Bertz CT molecular complexity index is 453. The van der Waals surface area contributed by atoms with Crippen molar-refractivity contribution in [3.8, 4) is 0 Å². The van der Waals surface area contributed by atoms with Crippen LogP contribution in [-0.2, 0) is 9.53 Å². The van der Waals surface area contributed by atoms with Crippen LogP contribution in [0.1, 0.15) is 19.4 Å². The maximum atomic E-state index is 11.1. The largest absolute Gasteiger partial charge is 0.426 e. The third-order valence-corrected chi connectivity index (χ3v) is 2.16. The molecule has 0 spiro atoms. The second-order valence-corrected chi connectivity index (χ2v) is 3.43. The van der Waals surface area contributed by atoms with E-state index in [4.69, 9.17) is 4.74 Å². The van der Waals surface area contributed by atoms with Crippen molar-refractivity contribution >= 4 is 11.5 Å². The second-order valence-electron chi connectivity index (χ2n) is 3.43. The fourth-order valence-electron chi connectivity index (χ4n) is 1.51. The quantitative estimate of drug-likeness (QED) is 0.446. The molecule has 0 saturated heterocycles. The summed E-state index contributed by atoms with van der Waals surface area (Å²) in [4.78, 5) is 11.1. The van der Waals surface area contributed by atoms with Crippen LogP contribution in [0.5, 0.6) is 0 Å². The van der Waals surface area contributed by atoms with Crippen LogP contribution in [0.2, 0.25) is 0 Å². The van der Waals surface area contributed by atoms with E-state index in [0.717, 1.165) is 11.1 Å². The molecular formula is C15H16O2. The molecule has 1 aromatic rings. The lowest BCUT2D eigenvalue weighted by Gasteiger charge is -2.11. The van der Waals surface area contributed by atoms with Gasteiger partial charge in [-0.15, -0.1) is 0 Å². The number of allylic oxidation sites excluding steroid dienone is 4. The Labute approximate surface area is 102 Å². The SMILES string of the molecule is C=C/C=C(OC(C)=O)\C(=C/C)c1ccccc1. The number of hydrogen-bond acceptors (Lipinski definition) is 2. The van der Waals surface area contributed by atoms with Gasteiger partial charge in [0.25, 0.3) is 0 Å². The Morgan fingerprint density at radius 2 is 1.94 bits per heavy atom. The fraction of sp³-hybridized carbons (Fsp3) is 0.133. The van der Waals surface area contributed by atoms with Crippen molar-refractivity contribution in [3.63, 3.8) is 0 Å². The first-order valence-corrected chi connectivity index (χ1v) is 5.42. The molecule has 0 N–H and O–H groups in total. The molecule has 2 heteroatoms. The van der Waals surface area contributed by atoms with Crippen molar-refractivity contribution in [2.24, 2.45) is 0 Å². The molecule has 2 nitrogen and oxygen atoms in total. The van der Waals surface area contributed by atoms with Gasteiger partial charge in [-0.2, -0.15) is 0 Å². The van der Waals surface area contributed by atoms with Crippen molar-refractivity contribution < 1.29 is 9.53 Å². The Morgan fingerprint density at radius 3 is 2.41 bits per heavy atom. The molecule has 0 unspecified atom stereocenters. The van der Waals surface area contributed by atoms with Crippen LogP contribution < -0.4 is 0 Å². The van der Waals surface area contributed by atoms with E-state index in [2.05, 4.69) is 6.58 Å². The number of benzene rings is 1. The van der Waals surface area contributed by atoms with Crippen LogP contribution in [0.3, 0.4) is 0 Å². The van der Waals surface area contributed by atoms with E-state index in [1.165, 1.54) is 6.92 Å². The van der Waals surface area contributed by atoms with Gasteiger partial charge < -0.3 is 4.74 Å². The minimum absolute atomic E-state index is 0.339. The van der Waals surface area contributed by atoms with E-state index in [1.54, 1.807) is 12.2 Å². The molecule has 17 heavy (non-hydrogen) atoms. The first kappa shape index (κ1) is 13.0. The van der Waals surface area contributed by atoms with E-state index >= 15 is 0 Å².